The molecule has 1 fully saturated rings. The van der Waals surface area contributed by atoms with E-state index >= 15 is 0 Å². The maximum atomic E-state index is 11.8. The Balaban J connectivity index is 2.22. The summed E-state index contributed by atoms with van der Waals surface area (Å²) in [4.78, 5) is 11.8. The Morgan fingerprint density at radius 1 is 1.65 bits per heavy atom. The van der Waals surface area contributed by atoms with Crippen LogP contribution >= 0.6 is 0 Å². The number of hydrogen-bond donors (Lipinski definition) is 2. The van der Waals surface area contributed by atoms with E-state index in [4.69, 9.17) is 15.2 Å². The molecule has 0 aliphatic carbocycles. The molecule has 3 atom stereocenters. The van der Waals surface area contributed by atoms with Gasteiger partial charge in [0.1, 0.15) is 0 Å². The number of amides is 1. The molecule has 0 saturated carbocycles. The monoisotopic (exact) mass is 244 g/mol. The fourth-order valence-corrected chi connectivity index (χ4v) is 1.98. The molecule has 1 heterocycles. The van der Waals surface area contributed by atoms with Gasteiger partial charge in [0, 0.05) is 32.3 Å². The van der Waals surface area contributed by atoms with Gasteiger partial charge in [0.25, 0.3) is 0 Å². The first-order valence-corrected chi connectivity index (χ1v) is 6.27. The van der Waals surface area contributed by atoms with Crippen LogP contribution in [-0.4, -0.2) is 44.9 Å². The summed E-state index contributed by atoms with van der Waals surface area (Å²) in [5, 5.41) is 2.96. The fraction of sp³-hybridized carbons (Fsp3) is 0.917. The maximum Gasteiger partial charge on any atom is 0.237 e. The zero-order valence-electron chi connectivity index (χ0n) is 10.8. The van der Waals surface area contributed by atoms with Crippen molar-refractivity contribution in [3.05, 3.63) is 0 Å². The molecule has 100 valence electrons. The lowest BCUT2D eigenvalue weighted by molar-refractivity contribution is -0.123. The van der Waals surface area contributed by atoms with Crippen LogP contribution in [-0.2, 0) is 14.3 Å². The molecule has 0 spiro atoms. The zero-order valence-corrected chi connectivity index (χ0v) is 10.8. The quantitative estimate of drug-likeness (QED) is 0.631. The van der Waals surface area contributed by atoms with Gasteiger partial charge < -0.3 is 20.5 Å². The Kier molecular flexibility index (Phi) is 6.47. The molecule has 0 aromatic heterocycles. The minimum atomic E-state index is -0.435. The van der Waals surface area contributed by atoms with Crippen LogP contribution in [0.4, 0.5) is 0 Å². The van der Waals surface area contributed by atoms with E-state index in [0.29, 0.717) is 18.9 Å². The van der Waals surface area contributed by atoms with Gasteiger partial charge >= 0.3 is 0 Å². The van der Waals surface area contributed by atoms with E-state index in [2.05, 4.69) is 5.32 Å². The smallest absolute Gasteiger partial charge is 0.237 e. The van der Waals surface area contributed by atoms with Gasteiger partial charge in [0.15, 0.2) is 0 Å². The van der Waals surface area contributed by atoms with Crippen LogP contribution in [0.1, 0.15) is 26.2 Å². The number of ether oxygens (including phenoxy) is 2. The first kappa shape index (κ1) is 14.4. The van der Waals surface area contributed by atoms with Crippen molar-refractivity contribution in [2.45, 2.75) is 38.3 Å². The number of carbonyl (C=O) groups excluding carboxylic acids is 1. The van der Waals surface area contributed by atoms with Crippen molar-refractivity contribution in [3.8, 4) is 0 Å². The highest BCUT2D eigenvalue weighted by molar-refractivity contribution is 5.81. The molecular weight excluding hydrogens is 220 g/mol. The highest BCUT2D eigenvalue weighted by atomic mass is 16.5. The van der Waals surface area contributed by atoms with Gasteiger partial charge in [0.2, 0.25) is 5.91 Å². The largest absolute Gasteiger partial charge is 0.385 e. The van der Waals surface area contributed by atoms with Crippen LogP contribution in [0, 0.1) is 5.92 Å². The van der Waals surface area contributed by atoms with Crippen molar-refractivity contribution >= 4 is 5.91 Å². The van der Waals surface area contributed by atoms with Crippen molar-refractivity contribution < 1.29 is 14.3 Å². The number of nitrogens with two attached hydrogens (primary N) is 1. The minimum absolute atomic E-state index is 0.0690. The van der Waals surface area contributed by atoms with Gasteiger partial charge in [-0.25, -0.2) is 0 Å². The second kappa shape index (κ2) is 7.63. The number of methoxy groups -OCH3 is 1. The number of carbonyl (C=O) groups is 1. The van der Waals surface area contributed by atoms with Crippen molar-refractivity contribution in [2.24, 2.45) is 11.7 Å². The number of hydrogen-bond acceptors (Lipinski definition) is 4. The van der Waals surface area contributed by atoms with E-state index in [-0.39, 0.29) is 11.9 Å². The van der Waals surface area contributed by atoms with Crippen LogP contribution in [0.5, 0.6) is 0 Å². The van der Waals surface area contributed by atoms with Crippen LogP contribution in [0.3, 0.4) is 0 Å². The molecule has 0 aromatic carbocycles. The van der Waals surface area contributed by atoms with Crippen LogP contribution in [0.15, 0.2) is 0 Å². The number of nitrogens with one attached hydrogen (secondary N) is 1. The summed E-state index contributed by atoms with van der Waals surface area (Å²) in [6.07, 6.45) is 2.49. The summed E-state index contributed by atoms with van der Waals surface area (Å²) < 4.78 is 10.2. The molecule has 1 aliphatic heterocycles. The van der Waals surface area contributed by atoms with Crippen molar-refractivity contribution in [1.29, 1.82) is 0 Å². The lowest BCUT2D eigenvalue weighted by atomic mass is 10.00. The average Bonchev–Trinajstić information content (AvgIpc) is 2.82. The Morgan fingerprint density at radius 3 is 3.00 bits per heavy atom. The lowest BCUT2D eigenvalue weighted by Gasteiger charge is -2.21. The summed E-state index contributed by atoms with van der Waals surface area (Å²) in [5.41, 5.74) is 5.81. The Labute approximate surface area is 103 Å². The van der Waals surface area contributed by atoms with E-state index in [9.17, 15) is 4.79 Å². The Hall–Kier alpha value is -0.650. The summed E-state index contributed by atoms with van der Waals surface area (Å²) in [6.45, 7) is 4.19. The molecule has 1 rings (SSSR count). The Bertz CT molecular complexity index is 230. The van der Waals surface area contributed by atoms with Gasteiger partial charge in [-0.05, 0) is 26.2 Å². The van der Waals surface area contributed by atoms with Gasteiger partial charge in [0.05, 0.1) is 12.6 Å². The molecule has 3 N–H and O–H groups in total. The standard InChI is InChI=1S/C12H24N2O3/c1-9(10-5-7-17-8-10)14-12(15)11(13)4-3-6-16-2/h9-11H,3-8,13H2,1-2H3,(H,14,15). The van der Waals surface area contributed by atoms with E-state index in [0.717, 1.165) is 26.1 Å². The fourth-order valence-electron chi connectivity index (χ4n) is 1.98. The molecule has 5 nitrogen and oxygen atoms in total. The van der Waals surface area contributed by atoms with Crippen molar-refractivity contribution in [2.75, 3.05) is 26.9 Å². The normalized spacial score (nSPS) is 23.4. The first-order valence-electron chi connectivity index (χ1n) is 6.27. The zero-order chi connectivity index (χ0) is 12.7. The summed E-state index contributed by atoms with van der Waals surface area (Å²) in [5.74, 6) is 0.352. The maximum absolute atomic E-state index is 11.8. The number of rotatable bonds is 7. The molecular formula is C12H24N2O3. The molecule has 1 saturated heterocycles. The summed E-state index contributed by atoms with van der Waals surface area (Å²) in [6, 6.07) is -0.298. The van der Waals surface area contributed by atoms with Crippen molar-refractivity contribution in [1.82, 2.24) is 5.32 Å². The second-order valence-electron chi connectivity index (χ2n) is 4.66. The van der Waals surface area contributed by atoms with Gasteiger partial charge in [-0.3, -0.25) is 4.79 Å². The highest BCUT2D eigenvalue weighted by Crippen LogP contribution is 2.16. The first-order chi connectivity index (χ1) is 8.15. The third kappa shape index (κ3) is 5.02. The summed E-state index contributed by atoms with van der Waals surface area (Å²) in [7, 11) is 1.65. The molecule has 5 heteroatoms. The predicted molar refractivity (Wildman–Crippen MR) is 65.6 cm³/mol. The molecule has 3 unspecified atom stereocenters. The van der Waals surface area contributed by atoms with Crippen LogP contribution in [0.25, 0.3) is 0 Å². The van der Waals surface area contributed by atoms with E-state index in [1.165, 1.54) is 0 Å². The molecule has 0 aromatic rings. The lowest BCUT2D eigenvalue weighted by Crippen LogP contribution is -2.47. The second-order valence-corrected chi connectivity index (χ2v) is 4.66. The third-order valence-corrected chi connectivity index (χ3v) is 3.24. The van der Waals surface area contributed by atoms with E-state index in [1.807, 2.05) is 6.92 Å². The molecule has 0 radical (unpaired) electrons. The molecule has 1 amide bonds. The highest BCUT2D eigenvalue weighted by Gasteiger charge is 2.25. The predicted octanol–water partition coefficient (Wildman–Crippen LogP) is 0.282. The average molecular weight is 244 g/mol. The van der Waals surface area contributed by atoms with Crippen molar-refractivity contribution in [3.63, 3.8) is 0 Å². The Morgan fingerprint density at radius 2 is 2.41 bits per heavy atom. The van der Waals surface area contributed by atoms with Gasteiger partial charge in [-0.15, -0.1) is 0 Å². The van der Waals surface area contributed by atoms with Crippen LogP contribution < -0.4 is 11.1 Å². The molecule has 17 heavy (non-hydrogen) atoms. The van der Waals surface area contributed by atoms with Gasteiger partial charge in [-0.1, -0.05) is 0 Å². The summed E-state index contributed by atoms with van der Waals surface area (Å²) >= 11 is 0. The molecule has 0 bridgehead atoms. The topological polar surface area (TPSA) is 73.6 Å². The van der Waals surface area contributed by atoms with Crippen LogP contribution in [0.2, 0.25) is 0 Å². The minimum Gasteiger partial charge on any atom is -0.385 e. The van der Waals surface area contributed by atoms with E-state index in [1.54, 1.807) is 7.11 Å². The van der Waals surface area contributed by atoms with Gasteiger partial charge in [-0.2, -0.15) is 0 Å². The van der Waals surface area contributed by atoms with E-state index < -0.39 is 6.04 Å². The molecule has 1 aliphatic rings. The SMILES string of the molecule is COCCCC(N)C(=O)NC(C)C1CCOC1. The third-order valence-electron chi connectivity index (χ3n) is 3.24.